The van der Waals surface area contributed by atoms with Crippen molar-refractivity contribution in [2.45, 2.75) is 51.0 Å². The van der Waals surface area contributed by atoms with Crippen molar-refractivity contribution in [3.63, 3.8) is 0 Å². The highest BCUT2D eigenvalue weighted by molar-refractivity contribution is 5.73. The normalized spacial score (nSPS) is 32.2. The van der Waals surface area contributed by atoms with Gasteiger partial charge in [-0.1, -0.05) is 0 Å². The van der Waals surface area contributed by atoms with Crippen LogP contribution in [0.3, 0.4) is 0 Å². The highest BCUT2D eigenvalue weighted by atomic mass is 16.5. The van der Waals surface area contributed by atoms with Crippen LogP contribution in [0.2, 0.25) is 0 Å². The molecule has 1 rings (SSSR count). The Morgan fingerprint density at radius 1 is 1.50 bits per heavy atom. The SMILES string of the molecule is CCOCCC1OC(CO)C(O)CC1NC(C)=O. The first-order chi connectivity index (χ1) is 8.58. The van der Waals surface area contributed by atoms with E-state index in [1.807, 2.05) is 6.92 Å². The largest absolute Gasteiger partial charge is 0.394 e. The zero-order valence-corrected chi connectivity index (χ0v) is 11.0. The molecule has 0 aromatic rings. The molecule has 1 heterocycles. The lowest BCUT2D eigenvalue weighted by molar-refractivity contribution is -0.155. The van der Waals surface area contributed by atoms with E-state index in [0.717, 1.165) is 0 Å². The Labute approximate surface area is 107 Å². The van der Waals surface area contributed by atoms with Crippen molar-refractivity contribution in [3.8, 4) is 0 Å². The van der Waals surface area contributed by atoms with E-state index < -0.39 is 12.2 Å². The Hall–Kier alpha value is -0.690. The summed E-state index contributed by atoms with van der Waals surface area (Å²) in [4.78, 5) is 11.1. The second-order valence-corrected chi connectivity index (χ2v) is 4.49. The number of amides is 1. The number of nitrogens with one attached hydrogen (secondary N) is 1. The van der Waals surface area contributed by atoms with Crippen molar-refractivity contribution in [1.29, 1.82) is 0 Å². The molecule has 0 bridgehead atoms. The van der Waals surface area contributed by atoms with E-state index in [1.165, 1.54) is 6.92 Å². The van der Waals surface area contributed by atoms with Crippen LogP contribution < -0.4 is 5.32 Å². The third-order valence-electron chi connectivity index (χ3n) is 3.04. The number of hydrogen-bond donors (Lipinski definition) is 3. The number of carbonyl (C=O) groups is 1. The third kappa shape index (κ3) is 4.53. The molecule has 0 aliphatic carbocycles. The molecule has 6 heteroatoms. The summed E-state index contributed by atoms with van der Waals surface area (Å²) in [5.41, 5.74) is 0. The van der Waals surface area contributed by atoms with Gasteiger partial charge in [-0.05, 0) is 19.8 Å². The van der Waals surface area contributed by atoms with Gasteiger partial charge in [-0.15, -0.1) is 0 Å². The van der Waals surface area contributed by atoms with Gasteiger partial charge in [-0.3, -0.25) is 4.79 Å². The van der Waals surface area contributed by atoms with E-state index in [0.29, 0.717) is 26.1 Å². The summed E-state index contributed by atoms with van der Waals surface area (Å²) in [5, 5.41) is 21.7. The fraction of sp³-hybridized carbons (Fsp3) is 0.917. The van der Waals surface area contributed by atoms with Crippen LogP contribution in [0.15, 0.2) is 0 Å². The van der Waals surface area contributed by atoms with Crippen LogP contribution in [0.1, 0.15) is 26.7 Å². The molecule has 1 amide bonds. The average molecular weight is 261 g/mol. The van der Waals surface area contributed by atoms with Gasteiger partial charge < -0.3 is 25.0 Å². The number of hydrogen-bond acceptors (Lipinski definition) is 5. The number of carbonyl (C=O) groups excluding carboxylic acids is 1. The molecule has 1 saturated heterocycles. The van der Waals surface area contributed by atoms with E-state index in [2.05, 4.69) is 5.32 Å². The minimum Gasteiger partial charge on any atom is -0.394 e. The quantitative estimate of drug-likeness (QED) is 0.557. The van der Waals surface area contributed by atoms with Crippen molar-refractivity contribution in [2.24, 2.45) is 0 Å². The molecule has 3 N–H and O–H groups in total. The maximum Gasteiger partial charge on any atom is 0.217 e. The molecule has 0 aromatic heterocycles. The van der Waals surface area contributed by atoms with Gasteiger partial charge in [0.2, 0.25) is 5.91 Å². The topological polar surface area (TPSA) is 88.0 Å². The van der Waals surface area contributed by atoms with E-state index in [-0.39, 0.29) is 24.7 Å². The first-order valence-corrected chi connectivity index (χ1v) is 6.37. The van der Waals surface area contributed by atoms with Crippen molar-refractivity contribution < 1.29 is 24.5 Å². The van der Waals surface area contributed by atoms with E-state index in [9.17, 15) is 9.90 Å². The minimum absolute atomic E-state index is 0.153. The lowest BCUT2D eigenvalue weighted by atomic mass is 9.94. The highest BCUT2D eigenvalue weighted by Gasteiger charge is 2.36. The molecule has 4 unspecified atom stereocenters. The summed E-state index contributed by atoms with van der Waals surface area (Å²) < 4.78 is 10.9. The fourth-order valence-corrected chi connectivity index (χ4v) is 2.16. The molecule has 0 spiro atoms. The summed E-state index contributed by atoms with van der Waals surface area (Å²) in [7, 11) is 0. The van der Waals surface area contributed by atoms with E-state index in [1.54, 1.807) is 0 Å². The number of rotatable bonds is 6. The van der Waals surface area contributed by atoms with Crippen LogP contribution in [0.4, 0.5) is 0 Å². The molecule has 0 radical (unpaired) electrons. The molecule has 0 aromatic carbocycles. The monoisotopic (exact) mass is 261 g/mol. The van der Waals surface area contributed by atoms with Crippen LogP contribution in [-0.4, -0.2) is 60.3 Å². The zero-order valence-electron chi connectivity index (χ0n) is 11.0. The van der Waals surface area contributed by atoms with Gasteiger partial charge >= 0.3 is 0 Å². The molecule has 4 atom stereocenters. The molecule has 1 aliphatic heterocycles. The van der Waals surface area contributed by atoms with Crippen molar-refractivity contribution in [1.82, 2.24) is 5.32 Å². The summed E-state index contributed by atoms with van der Waals surface area (Å²) in [6.07, 6.45) is -0.554. The van der Waals surface area contributed by atoms with Crippen molar-refractivity contribution >= 4 is 5.91 Å². The lowest BCUT2D eigenvalue weighted by Crippen LogP contribution is -2.55. The van der Waals surface area contributed by atoms with Crippen LogP contribution in [0.25, 0.3) is 0 Å². The van der Waals surface area contributed by atoms with Crippen LogP contribution in [-0.2, 0) is 14.3 Å². The van der Waals surface area contributed by atoms with Crippen molar-refractivity contribution in [2.75, 3.05) is 19.8 Å². The number of aliphatic hydroxyl groups excluding tert-OH is 2. The van der Waals surface area contributed by atoms with Crippen molar-refractivity contribution in [3.05, 3.63) is 0 Å². The second kappa shape index (κ2) is 7.68. The van der Waals surface area contributed by atoms with Gasteiger partial charge in [0.25, 0.3) is 0 Å². The van der Waals surface area contributed by atoms with Gasteiger partial charge in [-0.25, -0.2) is 0 Å². The molecular weight excluding hydrogens is 238 g/mol. The zero-order chi connectivity index (χ0) is 13.5. The lowest BCUT2D eigenvalue weighted by Gasteiger charge is -2.39. The predicted molar refractivity (Wildman–Crippen MR) is 65.1 cm³/mol. The van der Waals surface area contributed by atoms with Gasteiger partial charge in [0.15, 0.2) is 0 Å². The van der Waals surface area contributed by atoms with Crippen LogP contribution in [0.5, 0.6) is 0 Å². The molecular formula is C12H23NO5. The average Bonchev–Trinajstić information content (AvgIpc) is 2.31. The molecule has 0 saturated carbocycles. The highest BCUT2D eigenvalue weighted by Crippen LogP contribution is 2.22. The molecule has 106 valence electrons. The second-order valence-electron chi connectivity index (χ2n) is 4.49. The molecule has 18 heavy (non-hydrogen) atoms. The Morgan fingerprint density at radius 2 is 2.22 bits per heavy atom. The molecule has 1 fully saturated rings. The Balaban J connectivity index is 2.56. The Kier molecular flexibility index (Phi) is 6.56. The summed E-state index contributed by atoms with van der Waals surface area (Å²) in [6, 6.07) is -0.235. The standard InChI is InChI=1S/C12H23NO5/c1-3-17-5-4-11-9(13-8(2)15)6-10(16)12(7-14)18-11/h9-12,14,16H,3-7H2,1-2H3,(H,13,15). The van der Waals surface area contributed by atoms with E-state index in [4.69, 9.17) is 14.6 Å². The fourth-order valence-electron chi connectivity index (χ4n) is 2.16. The smallest absolute Gasteiger partial charge is 0.217 e. The van der Waals surface area contributed by atoms with Gasteiger partial charge in [0, 0.05) is 20.1 Å². The maximum absolute atomic E-state index is 11.1. The summed E-state index contributed by atoms with van der Waals surface area (Å²) in [5.74, 6) is -0.153. The first kappa shape index (κ1) is 15.4. The number of aliphatic hydroxyl groups is 2. The Morgan fingerprint density at radius 3 is 2.78 bits per heavy atom. The van der Waals surface area contributed by atoms with Gasteiger partial charge in [0.05, 0.1) is 24.9 Å². The predicted octanol–water partition coefficient (Wildman–Crippen LogP) is -0.572. The first-order valence-electron chi connectivity index (χ1n) is 6.37. The third-order valence-corrected chi connectivity index (χ3v) is 3.04. The summed E-state index contributed by atoms with van der Waals surface area (Å²) >= 11 is 0. The molecule has 1 aliphatic rings. The van der Waals surface area contributed by atoms with Crippen LogP contribution in [0, 0.1) is 0 Å². The Bertz CT molecular complexity index is 261. The minimum atomic E-state index is -0.754. The van der Waals surface area contributed by atoms with E-state index >= 15 is 0 Å². The van der Waals surface area contributed by atoms with Gasteiger partial charge in [0.1, 0.15) is 6.10 Å². The van der Waals surface area contributed by atoms with Crippen LogP contribution >= 0.6 is 0 Å². The number of ether oxygens (including phenoxy) is 2. The summed E-state index contributed by atoms with van der Waals surface area (Å²) in [6.45, 7) is 4.28. The molecule has 6 nitrogen and oxygen atoms in total. The maximum atomic E-state index is 11.1. The van der Waals surface area contributed by atoms with Gasteiger partial charge in [-0.2, -0.15) is 0 Å².